The van der Waals surface area contributed by atoms with Gasteiger partial charge in [-0.1, -0.05) is 20.3 Å². The molecule has 1 nitrogen and oxygen atoms in total. The van der Waals surface area contributed by atoms with E-state index in [1.165, 1.54) is 19.3 Å². The van der Waals surface area contributed by atoms with Gasteiger partial charge in [0.25, 0.3) is 0 Å². The number of hydrogen-bond acceptors (Lipinski definition) is 1. The molecule has 0 aliphatic heterocycles. The van der Waals surface area contributed by atoms with E-state index < -0.39 is 0 Å². The molecular formula is C9H16O. The van der Waals surface area contributed by atoms with Crippen LogP contribution in [0.1, 0.15) is 39.5 Å². The molecule has 0 saturated heterocycles. The minimum atomic E-state index is 0.431. The Morgan fingerprint density at radius 1 is 1.60 bits per heavy atom. The van der Waals surface area contributed by atoms with Gasteiger partial charge >= 0.3 is 0 Å². The predicted molar refractivity (Wildman–Crippen MR) is 41.8 cm³/mol. The van der Waals surface area contributed by atoms with Crippen LogP contribution in [0, 0.1) is 11.3 Å². The molecule has 1 heteroatoms. The second-order valence-electron chi connectivity index (χ2n) is 3.98. The van der Waals surface area contributed by atoms with E-state index in [1.54, 1.807) is 0 Å². The summed E-state index contributed by atoms with van der Waals surface area (Å²) in [5.41, 5.74) is 0.431. The van der Waals surface area contributed by atoms with Crippen LogP contribution in [0.25, 0.3) is 0 Å². The maximum atomic E-state index is 10.2. The molecule has 1 aliphatic rings. The lowest BCUT2D eigenvalue weighted by Gasteiger charge is -2.24. The van der Waals surface area contributed by atoms with Crippen LogP contribution < -0.4 is 0 Å². The molecule has 1 fully saturated rings. The zero-order valence-corrected chi connectivity index (χ0v) is 6.89. The predicted octanol–water partition coefficient (Wildman–Crippen LogP) is 2.40. The Labute approximate surface area is 62.8 Å². The van der Waals surface area contributed by atoms with Gasteiger partial charge in [0.2, 0.25) is 0 Å². The van der Waals surface area contributed by atoms with E-state index in [4.69, 9.17) is 0 Å². The fraction of sp³-hybridized carbons (Fsp3) is 0.889. The number of rotatable bonds is 2. The van der Waals surface area contributed by atoms with Crippen LogP contribution in [-0.2, 0) is 4.79 Å². The van der Waals surface area contributed by atoms with Crippen molar-refractivity contribution < 1.29 is 4.79 Å². The monoisotopic (exact) mass is 140 g/mol. The highest BCUT2D eigenvalue weighted by Crippen LogP contribution is 2.43. The number of hydrogen-bond donors (Lipinski definition) is 0. The van der Waals surface area contributed by atoms with Crippen molar-refractivity contribution in [3.63, 3.8) is 0 Å². The topological polar surface area (TPSA) is 17.1 Å². The first-order valence-electron chi connectivity index (χ1n) is 4.10. The Bertz CT molecular complexity index is 127. The van der Waals surface area contributed by atoms with Crippen LogP contribution in [0.2, 0.25) is 0 Å². The quantitative estimate of drug-likeness (QED) is 0.538. The van der Waals surface area contributed by atoms with E-state index in [-0.39, 0.29) is 0 Å². The van der Waals surface area contributed by atoms with Crippen LogP contribution in [-0.4, -0.2) is 6.29 Å². The molecule has 0 bridgehead atoms. The Balaban J connectivity index is 2.50. The van der Waals surface area contributed by atoms with Gasteiger partial charge in [0.1, 0.15) is 6.29 Å². The summed E-state index contributed by atoms with van der Waals surface area (Å²) in [4.78, 5) is 10.2. The molecule has 58 valence electrons. The highest BCUT2D eigenvalue weighted by atomic mass is 16.1. The second kappa shape index (κ2) is 2.73. The standard InChI is InChI=1S/C9H16O/c1-9(2)6-3-4-8(9)5-7-10/h7-8H,3-6H2,1-2H3/t8-/m1/s1. The van der Waals surface area contributed by atoms with Gasteiger partial charge in [-0.05, 0) is 24.2 Å². The fourth-order valence-electron chi connectivity index (χ4n) is 1.95. The van der Waals surface area contributed by atoms with Gasteiger partial charge in [-0.25, -0.2) is 0 Å². The van der Waals surface area contributed by atoms with Crippen LogP contribution >= 0.6 is 0 Å². The fourth-order valence-corrected chi connectivity index (χ4v) is 1.95. The molecule has 1 saturated carbocycles. The summed E-state index contributed by atoms with van der Waals surface area (Å²) < 4.78 is 0. The first-order chi connectivity index (χ1) is 4.67. The molecule has 0 spiro atoms. The van der Waals surface area contributed by atoms with E-state index in [1.807, 2.05) is 0 Å². The molecule has 0 N–H and O–H groups in total. The summed E-state index contributed by atoms with van der Waals surface area (Å²) in [6.07, 6.45) is 5.70. The number of aldehydes is 1. The van der Waals surface area contributed by atoms with E-state index in [2.05, 4.69) is 13.8 Å². The first-order valence-corrected chi connectivity index (χ1v) is 4.10. The van der Waals surface area contributed by atoms with E-state index in [0.717, 1.165) is 12.7 Å². The van der Waals surface area contributed by atoms with Crippen molar-refractivity contribution in [2.75, 3.05) is 0 Å². The average Bonchev–Trinajstić information content (AvgIpc) is 2.13. The van der Waals surface area contributed by atoms with Crippen molar-refractivity contribution in [1.82, 2.24) is 0 Å². The lowest BCUT2D eigenvalue weighted by molar-refractivity contribution is -0.109. The van der Waals surface area contributed by atoms with E-state index in [9.17, 15) is 4.79 Å². The van der Waals surface area contributed by atoms with Crippen molar-refractivity contribution in [1.29, 1.82) is 0 Å². The zero-order chi connectivity index (χ0) is 7.61. The maximum absolute atomic E-state index is 10.2. The summed E-state index contributed by atoms with van der Waals surface area (Å²) in [6, 6.07) is 0. The third kappa shape index (κ3) is 1.39. The van der Waals surface area contributed by atoms with Crippen LogP contribution in [0.5, 0.6) is 0 Å². The van der Waals surface area contributed by atoms with Crippen LogP contribution in [0.15, 0.2) is 0 Å². The molecular weight excluding hydrogens is 124 g/mol. The van der Waals surface area contributed by atoms with Crippen molar-refractivity contribution >= 4 is 6.29 Å². The molecule has 0 heterocycles. The van der Waals surface area contributed by atoms with E-state index in [0.29, 0.717) is 11.3 Å². The molecule has 1 rings (SSSR count). The van der Waals surface area contributed by atoms with Gasteiger partial charge < -0.3 is 4.79 Å². The number of carbonyl (C=O) groups excluding carboxylic acids is 1. The molecule has 0 aromatic heterocycles. The lowest BCUT2D eigenvalue weighted by Crippen LogP contribution is -2.17. The largest absolute Gasteiger partial charge is 0.303 e. The molecule has 1 atom stereocenters. The van der Waals surface area contributed by atoms with Crippen molar-refractivity contribution in [3.05, 3.63) is 0 Å². The van der Waals surface area contributed by atoms with Crippen molar-refractivity contribution in [3.8, 4) is 0 Å². The molecule has 10 heavy (non-hydrogen) atoms. The van der Waals surface area contributed by atoms with Crippen molar-refractivity contribution in [2.45, 2.75) is 39.5 Å². The second-order valence-corrected chi connectivity index (χ2v) is 3.98. The Morgan fingerprint density at radius 2 is 2.30 bits per heavy atom. The molecule has 0 amide bonds. The summed E-state index contributed by atoms with van der Waals surface area (Å²) >= 11 is 0. The van der Waals surface area contributed by atoms with Gasteiger partial charge in [-0.3, -0.25) is 0 Å². The Hall–Kier alpha value is -0.330. The van der Waals surface area contributed by atoms with Crippen LogP contribution in [0.3, 0.4) is 0 Å². The van der Waals surface area contributed by atoms with Gasteiger partial charge in [0, 0.05) is 6.42 Å². The third-order valence-corrected chi connectivity index (χ3v) is 2.86. The Morgan fingerprint density at radius 3 is 2.70 bits per heavy atom. The third-order valence-electron chi connectivity index (χ3n) is 2.86. The highest BCUT2D eigenvalue weighted by Gasteiger charge is 2.33. The lowest BCUT2D eigenvalue weighted by atomic mass is 9.80. The summed E-state index contributed by atoms with van der Waals surface area (Å²) in [5, 5.41) is 0. The summed E-state index contributed by atoms with van der Waals surface area (Å²) in [5.74, 6) is 0.657. The minimum absolute atomic E-state index is 0.431. The van der Waals surface area contributed by atoms with Gasteiger partial charge in [-0.15, -0.1) is 0 Å². The molecule has 0 aromatic rings. The number of carbonyl (C=O) groups is 1. The highest BCUT2D eigenvalue weighted by molar-refractivity contribution is 5.50. The molecule has 0 unspecified atom stereocenters. The van der Waals surface area contributed by atoms with Gasteiger partial charge in [0.05, 0.1) is 0 Å². The van der Waals surface area contributed by atoms with Gasteiger partial charge in [-0.2, -0.15) is 0 Å². The SMILES string of the molecule is CC1(C)CCC[C@@H]1CC=O. The molecule has 1 aliphatic carbocycles. The van der Waals surface area contributed by atoms with Crippen molar-refractivity contribution in [2.24, 2.45) is 11.3 Å². The first kappa shape index (κ1) is 7.77. The molecule has 0 aromatic carbocycles. The Kier molecular flexibility index (Phi) is 2.12. The molecule has 0 radical (unpaired) electrons. The maximum Gasteiger partial charge on any atom is 0.120 e. The minimum Gasteiger partial charge on any atom is -0.303 e. The summed E-state index contributed by atoms with van der Waals surface area (Å²) in [6.45, 7) is 4.54. The van der Waals surface area contributed by atoms with Gasteiger partial charge in [0.15, 0.2) is 0 Å². The zero-order valence-electron chi connectivity index (χ0n) is 6.89. The van der Waals surface area contributed by atoms with Crippen LogP contribution in [0.4, 0.5) is 0 Å². The summed E-state index contributed by atoms with van der Waals surface area (Å²) in [7, 11) is 0. The normalized spacial score (nSPS) is 30.4. The average molecular weight is 140 g/mol. The smallest absolute Gasteiger partial charge is 0.120 e. The van der Waals surface area contributed by atoms with E-state index >= 15 is 0 Å².